The fourth-order valence-corrected chi connectivity index (χ4v) is 2.82. The molecule has 0 unspecified atom stereocenters. The van der Waals surface area contributed by atoms with Gasteiger partial charge in [-0.25, -0.2) is 0 Å². The molecule has 0 aromatic heterocycles. The van der Waals surface area contributed by atoms with Crippen molar-refractivity contribution in [2.24, 2.45) is 5.92 Å². The lowest BCUT2D eigenvalue weighted by atomic mass is 10.1. The summed E-state index contributed by atoms with van der Waals surface area (Å²) >= 11 is 3.23. The number of hydrogen-bond acceptors (Lipinski definition) is 3. The van der Waals surface area contributed by atoms with Gasteiger partial charge in [0.2, 0.25) is 0 Å². The Kier molecular flexibility index (Phi) is 5.13. The number of hydrogen-bond donors (Lipinski definition) is 1. The molecule has 6 heteroatoms. The summed E-state index contributed by atoms with van der Waals surface area (Å²) in [7, 11) is 0. The van der Waals surface area contributed by atoms with Crippen molar-refractivity contribution in [1.82, 2.24) is 4.90 Å². The highest BCUT2D eigenvalue weighted by Gasteiger charge is 2.21. The zero-order valence-electron chi connectivity index (χ0n) is 10.4. The molecule has 2 rings (SSSR count). The van der Waals surface area contributed by atoms with Crippen LogP contribution in [0, 0.1) is 5.92 Å². The van der Waals surface area contributed by atoms with Gasteiger partial charge in [0, 0.05) is 19.7 Å². The third-order valence-electron chi connectivity index (χ3n) is 3.25. The predicted molar refractivity (Wildman–Crippen MR) is 71.2 cm³/mol. The third-order valence-corrected chi connectivity index (χ3v) is 3.87. The van der Waals surface area contributed by atoms with Crippen LogP contribution in [0.3, 0.4) is 0 Å². The first kappa shape index (κ1) is 14.7. The van der Waals surface area contributed by atoms with Crippen LogP contribution in [0.1, 0.15) is 12.0 Å². The van der Waals surface area contributed by atoms with Gasteiger partial charge in [0.1, 0.15) is 5.75 Å². The summed E-state index contributed by atoms with van der Waals surface area (Å²) in [6, 6.07) is 5.13. The van der Waals surface area contributed by atoms with Crippen molar-refractivity contribution in [3.8, 4) is 5.75 Å². The van der Waals surface area contributed by atoms with Gasteiger partial charge in [0.15, 0.2) is 0 Å². The van der Waals surface area contributed by atoms with Crippen LogP contribution >= 0.6 is 15.9 Å². The van der Waals surface area contributed by atoms with Crippen LogP contribution in [-0.4, -0.2) is 36.3 Å². The van der Waals surface area contributed by atoms with Crippen LogP contribution in [0.15, 0.2) is 22.7 Å². The predicted octanol–water partition coefficient (Wildman–Crippen LogP) is 2.86. The van der Waals surface area contributed by atoms with Crippen molar-refractivity contribution < 1.29 is 18.6 Å². The van der Waals surface area contributed by atoms with E-state index in [1.165, 1.54) is 0 Å². The highest BCUT2D eigenvalue weighted by Crippen LogP contribution is 2.28. The van der Waals surface area contributed by atoms with Gasteiger partial charge in [-0.3, -0.25) is 4.90 Å². The van der Waals surface area contributed by atoms with Crippen molar-refractivity contribution in [1.29, 1.82) is 0 Å². The molecule has 0 spiro atoms. The van der Waals surface area contributed by atoms with Crippen LogP contribution in [0.5, 0.6) is 5.75 Å². The number of aliphatic hydroxyl groups excluding tert-OH is 1. The normalized spacial score (nSPS) is 20.2. The Morgan fingerprint density at radius 3 is 2.84 bits per heavy atom. The monoisotopic (exact) mass is 335 g/mol. The van der Waals surface area contributed by atoms with E-state index >= 15 is 0 Å². The molecule has 3 nitrogen and oxygen atoms in total. The van der Waals surface area contributed by atoms with E-state index in [0.717, 1.165) is 31.6 Å². The maximum atomic E-state index is 12.1. The van der Waals surface area contributed by atoms with Crippen LogP contribution in [-0.2, 0) is 6.54 Å². The average molecular weight is 336 g/mol. The first-order valence-electron chi connectivity index (χ1n) is 6.15. The third kappa shape index (κ3) is 4.12. The molecule has 1 N–H and O–H groups in total. The fourth-order valence-electron chi connectivity index (χ4n) is 2.30. The lowest BCUT2D eigenvalue weighted by Gasteiger charge is -2.16. The minimum absolute atomic E-state index is 0.147. The average Bonchev–Trinajstić information content (AvgIpc) is 2.80. The largest absolute Gasteiger partial charge is 0.434 e. The molecule has 106 valence electrons. The van der Waals surface area contributed by atoms with Gasteiger partial charge in [-0.1, -0.05) is 6.07 Å². The van der Waals surface area contributed by atoms with Crippen LogP contribution in [0.25, 0.3) is 0 Å². The van der Waals surface area contributed by atoms with E-state index < -0.39 is 6.61 Å². The number of ether oxygens (including phenoxy) is 1. The molecule has 1 aliphatic rings. The van der Waals surface area contributed by atoms with Gasteiger partial charge in [0.05, 0.1) is 4.47 Å². The minimum Gasteiger partial charge on any atom is -0.434 e. The van der Waals surface area contributed by atoms with Crippen molar-refractivity contribution >= 4 is 15.9 Å². The Balaban J connectivity index is 1.96. The van der Waals surface area contributed by atoms with E-state index in [0.29, 0.717) is 10.4 Å². The number of rotatable bonds is 5. The quantitative estimate of drug-likeness (QED) is 0.898. The number of nitrogens with zero attached hydrogens (tertiary/aromatic N) is 1. The van der Waals surface area contributed by atoms with Crippen molar-refractivity contribution in [2.45, 2.75) is 19.6 Å². The summed E-state index contributed by atoms with van der Waals surface area (Å²) < 4.78 is 29.2. The molecule has 0 aliphatic carbocycles. The molecule has 1 atom stereocenters. The molecule has 1 aromatic carbocycles. The Morgan fingerprint density at radius 1 is 1.47 bits per heavy atom. The highest BCUT2D eigenvalue weighted by molar-refractivity contribution is 9.10. The number of alkyl halides is 2. The Hall–Kier alpha value is -0.720. The van der Waals surface area contributed by atoms with Crippen molar-refractivity contribution in [2.75, 3.05) is 19.7 Å². The summed E-state index contributed by atoms with van der Waals surface area (Å²) in [5.74, 6) is 0.498. The SMILES string of the molecule is OC[C@H]1CCN(Cc2ccc(OC(F)F)c(Br)c2)C1. The van der Waals surface area contributed by atoms with E-state index in [9.17, 15) is 8.78 Å². The van der Waals surface area contributed by atoms with E-state index in [1.807, 2.05) is 0 Å². The van der Waals surface area contributed by atoms with Gasteiger partial charge in [-0.15, -0.1) is 0 Å². The van der Waals surface area contributed by atoms with E-state index in [1.54, 1.807) is 18.2 Å². The summed E-state index contributed by atoms with van der Waals surface area (Å²) in [4.78, 5) is 2.25. The molecular formula is C13H16BrF2NO2. The maximum Gasteiger partial charge on any atom is 0.387 e. The number of aliphatic hydroxyl groups is 1. The van der Waals surface area contributed by atoms with Gasteiger partial charge in [0.25, 0.3) is 0 Å². The molecule has 1 aliphatic heterocycles. The Morgan fingerprint density at radius 2 is 2.26 bits per heavy atom. The highest BCUT2D eigenvalue weighted by atomic mass is 79.9. The summed E-state index contributed by atoms with van der Waals surface area (Å²) in [6.45, 7) is -0.00139. The smallest absolute Gasteiger partial charge is 0.387 e. The van der Waals surface area contributed by atoms with Crippen molar-refractivity contribution in [3.63, 3.8) is 0 Å². The summed E-state index contributed by atoms with van der Waals surface area (Å²) in [5, 5.41) is 9.09. The molecule has 0 bridgehead atoms. The topological polar surface area (TPSA) is 32.7 Å². The lowest BCUT2D eigenvalue weighted by Crippen LogP contribution is -2.21. The number of halogens is 3. The fraction of sp³-hybridized carbons (Fsp3) is 0.538. The second kappa shape index (κ2) is 6.63. The Labute approximate surface area is 119 Å². The van der Waals surface area contributed by atoms with Crippen molar-refractivity contribution in [3.05, 3.63) is 28.2 Å². The zero-order chi connectivity index (χ0) is 13.8. The van der Waals surface area contributed by atoms with Crippen LogP contribution < -0.4 is 4.74 Å². The second-order valence-electron chi connectivity index (χ2n) is 4.72. The molecule has 1 saturated heterocycles. The van der Waals surface area contributed by atoms with Crippen LogP contribution in [0.2, 0.25) is 0 Å². The van der Waals surface area contributed by atoms with Crippen LogP contribution in [0.4, 0.5) is 8.78 Å². The first-order valence-corrected chi connectivity index (χ1v) is 6.94. The summed E-state index contributed by atoms with van der Waals surface area (Å²) in [5.41, 5.74) is 1.03. The number of benzene rings is 1. The summed E-state index contributed by atoms with van der Waals surface area (Å²) in [6.07, 6.45) is 1.00. The van der Waals surface area contributed by atoms with Gasteiger partial charge < -0.3 is 9.84 Å². The molecule has 0 saturated carbocycles. The molecule has 0 amide bonds. The lowest BCUT2D eigenvalue weighted by molar-refractivity contribution is -0.0503. The Bertz CT molecular complexity index is 431. The second-order valence-corrected chi connectivity index (χ2v) is 5.57. The van der Waals surface area contributed by atoms with E-state index in [-0.39, 0.29) is 12.4 Å². The van der Waals surface area contributed by atoms with Gasteiger partial charge in [-0.2, -0.15) is 8.78 Å². The first-order chi connectivity index (χ1) is 9.08. The molecule has 19 heavy (non-hydrogen) atoms. The molecular weight excluding hydrogens is 320 g/mol. The molecule has 1 aromatic rings. The number of likely N-dealkylation sites (tertiary alicyclic amines) is 1. The zero-order valence-corrected chi connectivity index (χ0v) is 11.9. The minimum atomic E-state index is -2.81. The van der Waals surface area contributed by atoms with E-state index in [4.69, 9.17) is 5.11 Å². The molecule has 0 radical (unpaired) electrons. The molecule has 1 heterocycles. The molecule has 1 fully saturated rings. The van der Waals surface area contributed by atoms with E-state index in [2.05, 4.69) is 25.6 Å². The van der Waals surface area contributed by atoms with Gasteiger partial charge >= 0.3 is 6.61 Å². The standard InChI is InChI=1S/C13H16BrF2NO2/c14-11-5-9(1-2-12(11)19-13(15)16)6-17-4-3-10(7-17)8-18/h1-2,5,10,13,18H,3-4,6-8H2/t10-/m0/s1. The van der Waals surface area contributed by atoms with Gasteiger partial charge in [-0.05, 0) is 52.5 Å². The maximum absolute atomic E-state index is 12.1.